The molecule has 0 saturated carbocycles. The Morgan fingerprint density at radius 1 is 1.41 bits per heavy atom. The van der Waals surface area contributed by atoms with Crippen LogP contribution in [0, 0.1) is 0 Å². The van der Waals surface area contributed by atoms with Crippen molar-refractivity contribution in [1.82, 2.24) is 15.1 Å². The van der Waals surface area contributed by atoms with Gasteiger partial charge in [0.25, 0.3) is 5.91 Å². The number of aromatic nitrogens is 3. The lowest BCUT2D eigenvalue weighted by Crippen LogP contribution is -2.13. The highest BCUT2D eigenvalue weighted by Gasteiger charge is 2.13. The molecule has 0 fully saturated rings. The van der Waals surface area contributed by atoms with E-state index >= 15 is 0 Å². The van der Waals surface area contributed by atoms with E-state index in [1.807, 2.05) is 24.4 Å². The van der Waals surface area contributed by atoms with Crippen molar-refractivity contribution in [2.24, 2.45) is 0 Å². The van der Waals surface area contributed by atoms with Crippen LogP contribution in [0.15, 0.2) is 40.5 Å². The highest BCUT2D eigenvalue weighted by molar-refractivity contribution is 7.13. The Balaban J connectivity index is 1.73. The summed E-state index contributed by atoms with van der Waals surface area (Å²) in [4.78, 5) is 20.9. The van der Waals surface area contributed by atoms with E-state index in [0.29, 0.717) is 18.2 Å². The summed E-state index contributed by atoms with van der Waals surface area (Å²) in [5.41, 5.74) is 0.857. The van der Waals surface area contributed by atoms with Crippen molar-refractivity contribution in [3.05, 3.63) is 41.7 Å². The minimum Gasteiger partial charge on any atom is -0.478 e. The Morgan fingerprint density at radius 2 is 2.32 bits per heavy atom. The monoisotopic (exact) mass is 316 g/mol. The average molecular weight is 316 g/mol. The third kappa shape index (κ3) is 3.12. The Kier molecular flexibility index (Phi) is 4.10. The van der Waals surface area contributed by atoms with E-state index in [-0.39, 0.29) is 11.6 Å². The second-order valence-corrected chi connectivity index (χ2v) is 5.13. The zero-order chi connectivity index (χ0) is 15.4. The van der Waals surface area contributed by atoms with Crippen molar-refractivity contribution in [2.75, 3.05) is 11.9 Å². The normalized spacial score (nSPS) is 10.4. The molecule has 3 heterocycles. The number of carbonyl (C=O) groups is 1. The lowest BCUT2D eigenvalue weighted by atomic mass is 10.3. The first-order valence-corrected chi connectivity index (χ1v) is 7.41. The van der Waals surface area contributed by atoms with E-state index in [0.717, 1.165) is 4.88 Å². The predicted molar refractivity (Wildman–Crippen MR) is 81.0 cm³/mol. The van der Waals surface area contributed by atoms with Crippen LogP contribution in [0.2, 0.25) is 0 Å². The molecule has 3 aromatic rings. The molecule has 0 unspecified atom stereocenters. The number of anilines is 1. The van der Waals surface area contributed by atoms with Gasteiger partial charge in [0.2, 0.25) is 11.8 Å². The molecule has 0 radical (unpaired) electrons. The van der Waals surface area contributed by atoms with Crippen molar-refractivity contribution in [3.8, 4) is 16.5 Å². The maximum absolute atomic E-state index is 12.1. The minimum atomic E-state index is -0.419. The summed E-state index contributed by atoms with van der Waals surface area (Å²) in [7, 11) is 0. The summed E-state index contributed by atoms with van der Waals surface area (Å²) in [6.45, 7) is 2.30. The molecule has 0 aromatic carbocycles. The zero-order valence-corrected chi connectivity index (χ0v) is 12.5. The summed E-state index contributed by atoms with van der Waals surface area (Å²) < 4.78 is 10.3. The number of amides is 1. The van der Waals surface area contributed by atoms with E-state index in [1.54, 1.807) is 6.07 Å². The molecule has 3 rings (SSSR count). The summed E-state index contributed by atoms with van der Waals surface area (Å²) in [6, 6.07) is 6.97. The number of hydrogen-bond acceptors (Lipinski definition) is 7. The van der Waals surface area contributed by atoms with Gasteiger partial charge < -0.3 is 9.26 Å². The molecule has 0 aliphatic rings. The number of rotatable bonds is 5. The molecule has 8 heteroatoms. The maximum Gasteiger partial charge on any atom is 0.276 e. The summed E-state index contributed by atoms with van der Waals surface area (Å²) in [5.74, 6) is 0.182. The second-order valence-electron chi connectivity index (χ2n) is 4.18. The third-order valence-electron chi connectivity index (χ3n) is 2.69. The first-order chi connectivity index (χ1) is 10.8. The number of carbonyl (C=O) groups excluding carboxylic acids is 1. The van der Waals surface area contributed by atoms with Crippen LogP contribution in [0.3, 0.4) is 0 Å². The van der Waals surface area contributed by atoms with Crippen LogP contribution >= 0.6 is 11.3 Å². The first kappa shape index (κ1) is 14.2. The second kappa shape index (κ2) is 6.35. The van der Waals surface area contributed by atoms with Gasteiger partial charge in [0.05, 0.1) is 11.5 Å². The summed E-state index contributed by atoms with van der Waals surface area (Å²) in [5, 5.41) is 8.46. The molecule has 0 atom stereocenters. The fraction of sp³-hybridized carbons (Fsp3) is 0.143. The van der Waals surface area contributed by atoms with E-state index in [9.17, 15) is 4.79 Å². The fourth-order valence-corrected chi connectivity index (χ4v) is 2.42. The topological polar surface area (TPSA) is 90.1 Å². The third-order valence-corrected chi connectivity index (χ3v) is 3.58. The molecular formula is C14H12N4O3S. The first-order valence-electron chi connectivity index (χ1n) is 6.53. The number of nitrogens with zero attached hydrogens (tertiary/aromatic N) is 3. The molecule has 22 heavy (non-hydrogen) atoms. The van der Waals surface area contributed by atoms with Gasteiger partial charge in [-0.3, -0.25) is 10.1 Å². The van der Waals surface area contributed by atoms with Gasteiger partial charge in [-0.05, 0) is 18.4 Å². The van der Waals surface area contributed by atoms with Gasteiger partial charge in [0, 0.05) is 12.1 Å². The van der Waals surface area contributed by atoms with Crippen LogP contribution in [0.5, 0.6) is 5.88 Å². The van der Waals surface area contributed by atoms with Gasteiger partial charge in [0.1, 0.15) is 17.7 Å². The molecule has 0 aliphatic heterocycles. The van der Waals surface area contributed by atoms with Crippen LogP contribution < -0.4 is 10.1 Å². The lowest BCUT2D eigenvalue weighted by Gasteiger charge is -2.03. The van der Waals surface area contributed by atoms with E-state index < -0.39 is 5.91 Å². The Hall–Kier alpha value is -2.74. The van der Waals surface area contributed by atoms with Crippen molar-refractivity contribution in [3.63, 3.8) is 0 Å². The van der Waals surface area contributed by atoms with Gasteiger partial charge >= 0.3 is 0 Å². The molecule has 0 spiro atoms. The van der Waals surface area contributed by atoms with Crippen molar-refractivity contribution >= 4 is 23.1 Å². The number of nitrogens with one attached hydrogen (secondary N) is 1. The van der Waals surface area contributed by atoms with Gasteiger partial charge in [-0.15, -0.1) is 11.3 Å². The summed E-state index contributed by atoms with van der Waals surface area (Å²) >= 11 is 1.54. The molecule has 112 valence electrons. The largest absolute Gasteiger partial charge is 0.478 e. The highest BCUT2D eigenvalue weighted by atomic mass is 32.1. The Bertz CT molecular complexity index is 770. The zero-order valence-electron chi connectivity index (χ0n) is 11.6. The van der Waals surface area contributed by atoms with Gasteiger partial charge in [-0.1, -0.05) is 11.2 Å². The van der Waals surface area contributed by atoms with Crippen molar-refractivity contribution in [2.45, 2.75) is 6.92 Å². The predicted octanol–water partition coefficient (Wildman–Crippen LogP) is 2.84. The SMILES string of the molecule is CCOc1cc(C(=O)Nc2cc(-c3cccs3)no2)ncn1. The molecule has 0 aliphatic carbocycles. The average Bonchev–Trinajstić information content (AvgIpc) is 3.18. The maximum atomic E-state index is 12.1. The van der Waals surface area contributed by atoms with E-state index in [1.165, 1.54) is 23.7 Å². The summed E-state index contributed by atoms with van der Waals surface area (Å²) in [6.07, 6.45) is 1.28. The highest BCUT2D eigenvalue weighted by Crippen LogP contribution is 2.26. The molecular weight excluding hydrogens is 304 g/mol. The van der Waals surface area contributed by atoms with E-state index in [2.05, 4.69) is 20.4 Å². The fourth-order valence-electron chi connectivity index (χ4n) is 1.74. The van der Waals surface area contributed by atoms with E-state index in [4.69, 9.17) is 9.26 Å². The smallest absolute Gasteiger partial charge is 0.276 e. The number of ether oxygens (including phenoxy) is 1. The van der Waals surface area contributed by atoms with Gasteiger partial charge in [-0.25, -0.2) is 9.97 Å². The standard InChI is InChI=1S/C14H12N4O3S/c1-2-20-12-7-10(15-8-16-12)14(19)17-13-6-9(18-21-13)11-4-3-5-22-11/h3-8H,2H2,1H3,(H,17,19). The number of hydrogen-bond donors (Lipinski definition) is 1. The van der Waals surface area contributed by atoms with Gasteiger partial charge in [-0.2, -0.15) is 0 Å². The van der Waals surface area contributed by atoms with Crippen LogP contribution in [0.25, 0.3) is 10.6 Å². The molecule has 0 saturated heterocycles. The molecule has 7 nitrogen and oxygen atoms in total. The van der Waals surface area contributed by atoms with Crippen LogP contribution in [-0.2, 0) is 0 Å². The van der Waals surface area contributed by atoms with Crippen LogP contribution in [-0.4, -0.2) is 27.6 Å². The molecule has 1 amide bonds. The van der Waals surface area contributed by atoms with Crippen LogP contribution in [0.1, 0.15) is 17.4 Å². The lowest BCUT2D eigenvalue weighted by molar-refractivity contribution is 0.101. The Morgan fingerprint density at radius 3 is 3.09 bits per heavy atom. The number of thiophene rings is 1. The van der Waals surface area contributed by atoms with Gasteiger partial charge in [0.15, 0.2) is 0 Å². The molecule has 3 aromatic heterocycles. The molecule has 0 bridgehead atoms. The van der Waals surface area contributed by atoms with Crippen LogP contribution in [0.4, 0.5) is 5.88 Å². The Labute approximate surface area is 130 Å². The quantitative estimate of drug-likeness (QED) is 0.778. The van der Waals surface area contributed by atoms with Crippen molar-refractivity contribution < 1.29 is 14.1 Å². The molecule has 1 N–H and O–H groups in total. The van der Waals surface area contributed by atoms with Crippen molar-refractivity contribution in [1.29, 1.82) is 0 Å². The minimum absolute atomic E-state index is 0.188.